The Labute approximate surface area is 112 Å². The minimum atomic E-state index is -0.413. The van der Waals surface area contributed by atoms with E-state index in [2.05, 4.69) is 5.32 Å². The molecule has 19 heavy (non-hydrogen) atoms. The highest BCUT2D eigenvalue weighted by molar-refractivity contribution is 5.81. The summed E-state index contributed by atoms with van der Waals surface area (Å²) < 4.78 is 19.2. The maximum Gasteiger partial charge on any atom is 0.238 e. The Morgan fingerprint density at radius 2 is 2.26 bits per heavy atom. The molecule has 104 valence electrons. The van der Waals surface area contributed by atoms with Crippen LogP contribution < -0.4 is 5.32 Å². The fourth-order valence-corrected chi connectivity index (χ4v) is 2.34. The van der Waals surface area contributed by atoms with Crippen LogP contribution in [0.25, 0.3) is 0 Å². The SMILES string of the molecule is CCOCC(C)N1C(=O)CNC1c1ccccc1F. The predicted octanol–water partition coefficient (Wildman–Crippen LogP) is 1.68. The Kier molecular flexibility index (Phi) is 4.50. The molecule has 5 heteroatoms. The molecule has 1 saturated heterocycles. The molecule has 1 aromatic rings. The highest BCUT2D eigenvalue weighted by Gasteiger charge is 2.36. The third kappa shape index (κ3) is 2.93. The topological polar surface area (TPSA) is 41.6 Å². The minimum Gasteiger partial charge on any atom is -0.380 e. The van der Waals surface area contributed by atoms with E-state index in [-0.39, 0.29) is 24.3 Å². The van der Waals surface area contributed by atoms with Gasteiger partial charge in [-0.3, -0.25) is 10.1 Å². The molecule has 4 nitrogen and oxygen atoms in total. The van der Waals surface area contributed by atoms with E-state index in [1.807, 2.05) is 13.8 Å². The summed E-state index contributed by atoms with van der Waals surface area (Å²) in [4.78, 5) is 13.6. The van der Waals surface area contributed by atoms with Crippen molar-refractivity contribution in [3.63, 3.8) is 0 Å². The predicted molar refractivity (Wildman–Crippen MR) is 69.9 cm³/mol. The van der Waals surface area contributed by atoms with E-state index in [1.54, 1.807) is 23.1 Å². The molecule has 0 spiro atoms. The van der Waals surface area contributed by atoms with Crippen LogP contribution in [0.4, 0.5) is 4.39 Å². The van der Waals surface area contributed by atoms with Crippen LogP contribution in [0, 0.1) is 5.82 Å². The van der Waals surface area contributed by atoms with Crippen LogP contribution in [-0.2, 0) is 9.53 Å². The summed E-state index contributed by atoms with van der Waals surface area (Å²) in [7, 11) is 0. The van der Waals surface area contributed by atoms with Crippen LogP contribution in [0.2, 0.25) is 0 Å². The normalized spacial score (nSPS) is 20.9. The summed E-state index contributed by atoms with van der Waals surface area (Å²) in [6.07, 6.45) is -0.413. The molecule has 1 aliphatic rings. The lowest BCUT2D eigenvalue weighted by atomic mass is 10.1. The summed E-state index contributed by atoms with van der Waals surface area (Å²) in [6, 6.07) is 6.43. The van der Waals surface area contributed by atoms with E-state index in [1.165, 1.54) is 6.07 Å². The number of hydrogen-bond donors (Lipinski definition) is 1. The fourth-order valence-electron chi connectivity index (χ4n) is 2.34. The Hall–Kier alpha value is -1.46. The molecule has 1 N–H and O–H groups in total. The number of amides is 1. The molecule has 1 amide bonds. The molecule has 1 fully saturated rings. The highest BCUT2D eigenvalue weighted by atomic mass is 19.1. The molecule has 0 radical (unpaired) electrons. The van der Waals surface area contributed by atoms with Crippen molar-refractivity contribution in [2.45, 2.75) is 26.1 Å². The number of ether oxygens (including phenoxy) is 1. The first-order valence-electron chi connectivity index (χ1n) is 6.51. The lowest BCUT2D eigenvalue weighted by molar-refractivity contribution is -0.131. The maximum absolute atomic E-state index is 13.8. The lowest BCUT2D eigenvalue weighted by Crippen LogP contribution is -2.40. The largest absolute Gasteiger partial charge is 0.380 e. The Bertz CT molecular complexity index is 453. The van der Waals surface area contributed by atoms with Gasteiger partial charge in [-0.25, -0.2) is 4.39 Å². The number of halogens is 1. The number of carbonyl (C=O) groups excluding carboxylic acids is 1. The van der Waals surface area contributed by atoms with Gasteiger partial charge in [-0.2, -0.15) is 0 Å². The summed E-state index contributed by atoms with van der Waals surface area (Å²) in [5.74, 6) is -0.330. The second-order valence-electron chi connectivity index (χ2n) is 4.61. The van der Waals surface area contributed by atoms with Crippen molar-refractivity contribution >= 4 is 5.91 Å². The quantitative estimate of drug-likeness (QED) is 0.881. The van der Waals surface area contributed by atoms with Crippen molar-refractivity contribution in [1.82, 2.24) is 10.2 Å². The Morgan fingerprint density at radius 1 is 1.53 bits per heavy atom. The van der Waals surface area contributed by atoms with Gasteiger partial charge in [-0.05, 0) is 19.9 Å². The third-order valence-corrected chi connectivity index (χ3v) is 3.25. The van der Waals surface area contributed by atoms with Gasteiger partial charge in [-0.1, -0.05) is 18.2 Å². The average molecular weight is 266 g/mol. The smallest absolute Gasteiger partial charge is 0.238 e. The summed E-state index contributed by atoms with van der Waals surface area (Å²) in [5, 5.41) is 3.05. The number of nitrogens with zero attached hydrogens (tertiary/aromatic N) is 1. The lowest BCUT2D eigenvalue weighted by Gasteiger charge is -2.30. The van der Waals surface area contributed by atoms with Gasteiger partial charge in [-0.15, -0.1) is 0 Å². The average Bonchev–Trinajstić information content (AvgIpc) is 2.78. The second kappa shape index (κ2) is 6.12. The van der Waals surface area contributed by atoms with E-state index in [0.717, 1.165) is 0 Å². The molecule has 1 heterocycles. The first-order valence-corrected chi connectivity index (χ1v) is 6.51. The molecule has 1 aliphatic heterocycles. The fraction of sp³-hybridized carbons (Fsp3) is 0.500. The van der Waals surface area contributed by atoms with E-state index >= 15 is 0 Å². The van der Waals surface area contributed by atoms with Gasteiger partial charge in [0, 0.05) is 12.2 Å². The minimum absolute atomic E-state index is 0.0274. The number of carbonyl (C=O) groups is 1. The van der Waals surface area contributed by atoms with Crippen LogP contribution in [0.15, 0.2) is 24.3 Å². The maximum atomic E-state index is 13.8. The number of hydrogen-bond acceptors (Lipinski definition) is 3. The number of rotatable bonds is 5. The van der Waals surface area contributed by atoms with Crippen LogP contribution in [0.1, 0.15) is 25.6 Å². The Balaban J connectivity index is 2.20. The van der Waals surface area contributed by atoms with Gasteiger partial charge in [0.2, 0.25) is 5.91 Å². The summed E-state index contributed by atoms with van der Waals surface area (Å²) in [5.41, 5.74) is 0.497. The summed E-state index contributed by atoms with van der Waals surface area (Å²) >= 11 is 0. The molecule has 1 aromatic carbocycles. The number of benzene rings is 1. The van der Waals surface area contributed by atoms with E-state index in [9.17, 15) is 9.18 Å². The van der Waals surface area contributed by atoms with Gasteiger partial charge in [0.15, 0.2) is 0 Å². The molecule has 0 aromatic heterocycles. The Morgan fingerprint density at radius 3 is 2.95 bits per heavy atom. The zero-order chi connectivity index (χ0) is 13.8. The van der Waals surface area contributed by atoms with E-state index in [4.69, 9.17) is 4.74 Å². The molecular formula is C14H19FN2O2. The van der Waals surface area contributed by atoms with Crippen molar-refractivity contribution < 1.29 is 13.9 Å². The first-order chi connectivity index (χ1) is 9.15. The van der Waals surface area contributed by atoms with Gasteiger partial charge >= 0.3 is 0 Å². The van der Waals surface area contributed by atoms with Crippen molar-refractivity contribution in [2.24, 2.45) is 0 Å². The van der Waals surface area contributed by atoms with Gasteiger partial charge < -0.3 is 9.64 Å². The van der Waals surface area contributed by atoms with Crippen LogP contribution in [-0.4, -0.2) is 36.6 Å². The monoisotopic (exact) mass is 266 g/mol. The van der Waals surface area contributed by atoms with Gasteiger partial charge in [0.1, 0.15) is 12.0 Å². The third-order valence-electron chi connectivity index (χ3n) is 3.25. The molecule has 2 unspecified atom stereocenters. The first kappa shape index (κ1) is 14.0. The number of nitrogens with one attached hydrogen (secondary N) is 1. The van der Waals surface area contributed by atoms with Crippen molar-refractivity contribution in [1.29, 1.82) is 0 Å². The molecule has 0 aliphatic carbocycles. The molecule has 2 rings (SSSR count). The zero-order valence-corrected chi connectivity index (χ0v) is 11.2. The van der Waals surface area contributed by atoms with Crippen molar-refractivity contribution in [3.05, 3.63) is 35.6 Å². The summed E-state index contributed by atoms with van der Waals surface area (Å²) in [6.45, 7) is 5.11. The zero-order valence-electron chi connectivity index (χ0n) is 11.2. The van der Waals surface area contributed by atoms with Crippen LogP contribution in [0.3, 0.4) is 0 Å². The van der Waals surface area contributed by atoms with Crippen LogP contribution >= 0.6 is 0 Å². The van der Waals surface area contributed by atoms with Crippen molar-refractivity contribution in [3.8, 4) is 0 Å². The van der Waals surface area contributed by atoms with E-state index < -0.39 is 6.17 Å². The van der Waals surface area contributed by atoms with Gasteiger partial charge in [0.05, 0.1) is 19.2 Å². The van der Waals surface area contributed by atoms with Gasteiger partial charge in [0.25, 0.3) is 0 Å². The second-order valence-corrected chi connectivity index (χ2v) is 4.61. The van der Waals surface area contributed by atoms with E-state index in [0.29, 0.717) is 18.8 Å². The molecule has 2 atom stereocenters. The van der Waals surface area contributed by atoms with Crippen molar-refractivity contribution in [2.75, 3.05) is 19.8 Å². The molecular weight excluding hydrogens is 247 g/mol. The molecule has 0 saturated carbocycles. The highest BCUT2D eigenvalue weighted by Crippen LogP contribution is 2.26. The standard InChI is InChI=1S/C14H19FN2O2/c1-3-19-9-10(2)17-13(18)8-16-14(17)11-6-4-5-7-12(11)15/h4-7,10,14,16H,3,8-9H2,1-2H3. The van der Waals surface area contributed by atoms with Crippen LogP contribution in [0.5, 0.6) is 0 Å². The molecule has 0 bridgehead atoms.